The van der Waals surface area contributed by atoms with Gasteiger partial charge in [0.05, 0.1) is 5.60 Å². The lowest BCUT2D eigenvalue weighted by Crippen LogP contribution is -2.48. The van der Waals surface area contributed by atoms with Gasteiger partial charge in [-0.25, -0.2) is 4.79 Å². The van der Waals surface area contributed by atoms with Gasteiger partial charge in [-0.1, -0.05) is 13.0 Å². The summed E-state index contributed by atoms with van der Waals surface area (Å²) in [4.78, 5) is 10.7. The Bertz CT molecular complexity index is 383. The molecule has 2 aliphatic rings. The molecule has 0 saturated heterocycles. The molecule has 2 saturated carbocycles. The molecule has 0 heterocycles. The standard InChI is InChI=1S/C15H24O3/c1-10(13(16)17)5-4-8-14(2)11-6-7-12(9-11)15(14,3)18/h5,11-12,18H,4,6-9H2,1-3H3,(H,16,17)/b10-5+/t11-,12-,14+,15-/m0/s1. The average molecular weight is 252 g/mol. The normalized spacial score (nSPS) is 43.4. The lowest BCUT2D eigenvalue weighted by Gasteiger charge is -2.46. The molecule has 4 atom stereocenters. The third-order valence-corrected chi connectivity index (χ3v) is 5.74. The van der Waals surface area contributed by atoms with Crippen LogP contribution in [0.15, 0.2) is 11.6 Å². The van der Waals surface area contributed by atoms with Gasteiger partial charge >= 0.3 is 5.97 Å². The summed E-state index contributed by atoms with van der Waals surface area (Å²) in [5.74, 6) is 0.202. The Balaban J connectivity index is 2.04. The van der Waals surface area contributed by atoms with Crippen molar-refractivity contribution in [1.29, 1.82) is 0 Å². The number of carboxylic acids is 1. The van der Waals surface area contributed by atoms with Gasteiger partial charge in [-0.3, -0.25) is 0 Å². The summed E-state index contributed by atoms with van der Waals surface area (Å²) in [6.07, 6.45) is 6.93. The van der Waals surface area contributed by atoms with E-state index in [4.69, 9.17) is 5.11 Å². The number of fused-ring (bicyclic) bond motifs is 2. The van der Waals surface area contributed by atoms with Crippen LogP contribution in [0.2, 0.25) is 0 Å². The maximum Gasteiger partial charge on any atom is 0.330 e. The first-order valence-electron chi connectivity index (χ1n) is 6.91. The van der Waals surface area contributed by atoms with Gasteiger partial charge in [0, 0.05) is 5.57 Å². The number of hydrogen-bond donors (Lipinski definition) is 2. The van der Waals surface area contributed by atoms with E-state index in [0.717, 1.165) is 25.7 Å². The molecule has 18 heavy (non-hydrogen) atoms. The third kappa shape index (κ3) is 1.89. The number of aliphatic hydroxyl groups is 1. The summed E-state index contributed by atoms with van der Waals surface area (Å²) in [5, 5.41) is 19.6. The molecule has 0 aromatic rings. The molecule has 0 unspecified atom stereocenters. The van der Waals surface area contributed by atoms with Crippen molar-refractivity contribution in [2.24, 2.45) is 17.3 Å². The fourth-order valence-electron chi connectivity index (χ4n) is 4.08. The van der Waals surface area contributed by atoms with Crippen molar-refractivity contribution in [3.8, 4) is 0 Å². The Hall–Kier alpha value is -0.830. The smallest absolute Gasteiger partial charge is 0.330 e. The van der Waals surface area contributed by atoms with E-state index in [1.54, 1.807) is 13.0 Å². The van der Waals surface area contributed by atoms with Crippen molar-refractivity contribution < 1.29 is 15.0 Å². The Morgan fingerprint density at radius 1 is 1.33 bits per heavy atom. The van der Waals surface area contributed by atoms with E-state index in [9.17, 15) is 9.90 Å². The van der Waals surface area contributed by atoms with Crippen LogP contribution in [0.3, 0.4) is 0 Å². The number of carboxylic acid groups (broad SMARTS) is 1. The monoisotopic (exact) mass is 252 g/mol. The molecular weight excluding hydrogens is 228 g/mol. The van der Waals surface area contributed by atoms with Crippen molar-refractivity contribution in [3.63, 3.8) is 0 Å². The maximum atomic E-state index is 10.7. The van der Waals surface area contributed by atoms with Gasteiger partial charge in [0.2, 0.25) is 0 Å². The molecule has 0 spiro atoms. The highest BCUT2D eigenvalue weighted by atomic mass is 16.4. The predicted molar refractivity (Wildman–Crippen MR) is 70.2 cm³/mol. The summed E-state index contributed by atoms with van der Waals surface area (Å²) in [6.45, 7) is 5.79. The summed E-state index contributed by atoms with van der Waals surface area (Å²) >= 11 is 0. The van der Waals surface area contributed by atoms with Crippen molar-refractivity contribution >= 4 is 5.97 Å². The van der Waals surface area contributed by atoms with Crippen molar-refractivity contribution in [3.05, 3.63) is 11.6 Å². The number of aliphatic carboxylic acids is 1. The van der Waals surface area contributed by atoms with Gasteiger partial charge in [-0.15, -0.1) is 0 Å². The van der Waals surface area contributed by atoms with E-state index in [0.29, 0.717) is 17.4 Å². The zero-order valence-electron chi connectivity index (χ0n) is 11.6. The summed E-state index contributed by atoms with van der Waals surface area (Å²) in [5.41, 5.74) is -0.229. The average Bonchev–Trinajstić information content (AvgIpc) is 2.82. The lowest BCUT2D eigenvalue weighted by molar-refractivity contribution is -0.132. The SMILES string of the molecule is C/C(=C\CC[C@]1(C)[C@H]2CC[C@@H](C2)[C@]1(C)O)C(=O)O. The second-order valence-electron chi connectivity index (χ2n) is 6.50. The zero-order chi connectivity index (χ0) is 13.6. The fraction of sp³-hybridized carbons (Fsp3) is 0.800. The van der Waals surface area contributed by atoms with Crippen LogP contribution in [-0.4, -0.2) is 21.8 Å². The van der Waals surface area contributed by atoms with Crippen LogP contribution in [-0.2, 0) is 4.79 Å². The first-order chi connectivity index (χ1) is 8.29. The summed E-state index contributed by atoms with van der Waals surface area (Å²) in [7, 11) is 0. The minimum Gasteiger partial charge on any atom is -0.478 e. The van der Waals surface area contributed by atoms with Crippen LogP contribution >= 0.6 is 0 Å². The Kier molecular flexibility index (Phi) is 3.30. The highest BCUT2D eigenvalue weighted by Gasteiger charge is 2.61. The van der Waals surface area contributed by atoms with Crippen LogP contribution in [0.4, 0.5) is 0 Å². The van der Waals surface area contributed by atoms with Crippen LogP contribution in [0, 0.1) is 17.3 Å². The van der Waals surface area contributed by atoms with E-state index >= 15 is 0 Å². The quantitative estimate of drug-likeness (QED) is 0.756. The van der Waals surface area contributed by atoms with Gasteiger partial charge < -0.3 is 10.2 Å². The molecular formula is C15H24O3. The highest BCUT2D eigenvalue weighted by Crippen LogP contribution is 2.63. The second kappa shape index (κ2) is 4.37. The Labute approximate surface area is 109 Å². The number of rotatable bonds is 4. The molecule has 2 fully saturated rings. The lowest BCUT2D eigenvalue weighted by atomic mass is 9.63. The van der Waals surface area contributed by atoms with Crippen molar-refractivity contribution in [1.82, 2.24) is 0 Å². The van der Waals surface area contributed by atoms with Gasteiger partial charge in [-0.2, -0.15) is 0 Å². The van der Waals surface area contributed by atoms with E-state index in [2.05, 4.69) is 6.92 Å². The molecule has 0 aromatic heterocycles. The van der Waals surface area contributed by atoms with E-state index in [1.807, 2.05) is 6.92 Å². The fourth-order valence-corrected chi connectivity index (χ4v) is 4.08. The van der Waals surface area contributed by atoms with Crippen molar-refractivity contribution in [2.45, 2.75) is 58.5 Å². The molecule has 0 aromatic carbocycles. The van der Waals surface area contributed by atoms with Crippen molar-refractivity contribution in [2.75, 3.05) is 0 Å². The molecule has 0 radical (unpaired) electrons. The molecule has 3 heteroatoms. The molecule has 2 rings (SSSR count). The molecule has 102 valence electrons. The second-order valence-corrected chi connectivity index (χ2v) is 6.50. The molecule has 2 bridgehead atoms. The molecule has 2 N–H and O–H groups in total. The van der Waals surface area contributed by atoms with E-state index < -0.39 is 11.6 Å². The van der Waals surface area contributed by atoms with Gasteiger partial charge in [0.15, 0.2) is 0 Å². The number of allylic oxidation sites excluding steroid dienone is 1. The Morgan fingerprint density at radius 3 is 2.44 bits per heavy atom. The molecule has 3 nitrogen and oxygen atoms in total. The first kappa shape index (κ1) is 13.6. The van der Waals surface area contributed by atoms with Crippen LogP contribution in [0.1, 0.15) is 52.9 Å². The van der Waals surface area contributed by atoms with Gasteiger partial charge in [0.1, 0.15) is 0 Å². The number of hydrogen-bond acceptors (Lipinski definition) is 2. The highest BCUT2D eigenvalue weighted by molar-refractivity contribution is 5.85. The maximum absolute atomic E-state index is 10.7. The summed E-state index contributed by atoms with van der Waals surface area (Å²) in [6, 6.07) is 0. The zero-order valence-corrected chi connectivity index (χ0v) is 11.6. The third-order valence-electron chi connectivity index (χ3n) is 5.74. The first-order valence-corrected chi connectivity index (χ1v) is 6.91. The summed E-state index contributed by atoms with van der Waals surface area (Å²) < 4.78 is 0. The largest absolute Gasteiger partial charge is 0.478 e. The van der Waals surface area contributed by atoms with Gasteiger partial charge in [0.25, 0.3) is 0 Å². The van der Waals surface area contributed by atoms with Crippen LogP contribution in [0.5, 0.6) is 0 Å². The molecule has 0 aliphatic heterocycles. The van der Waals surface area contributed by atoms with Crippen LogP contribution < -0.4 is 0 Å². The molecule has 0 amide bonds. The van der Waals surface area contributed by atoms with E-state index in [1.165, 1.54) is 6.42 Å². The minimum atomic E-state index is -0.847. The van der Waals surface area contributed by atoms with Gasteiger partial charge in [-0.05, 0) is 63.2 Å². The van der Waals surface area contributed by atoms with E-state index in [-0.39, 0.29) is 5.41 Å². The topological polar surface area (TPSA) is 57.5 Å². The van der Waals surface area contributed by atoms with Crippen LogP contribution in [0.25, 0.3) is 0 Å². The molecule has 2 aliphatic carbocycles. The minimum absolute atomic E-state index is 0.0504. The Morgan fingerprint density at radius 2 is 1.94 bits per heavy atom. The number of carbonyl (C=O) groups is 1. The predicted octanol–water partition coefficient (Wildman–Crippen LogP) is 2.98.